The van der Waals surface area contributed by atoms with E-state index in [0.717, 1.165) is 23.2 Å². The summed E-state index contributed by atoms with van der Waals surface area (Å²) < 4.78 is 5.78. The Morgan fingerprint density at radius 1 is 0.806 bits per heavy atom. The molecule has 1 amide bonds. The zero-order valence-corrected chi connectivity index (χ0v) is 17.6. The van der Waals surface area contributed by atoms with Crippen LogP contribution >= 0.6 is 0 Å². The second-order valence-corrected chi connectivity index (χ2v) is 7.54. The van der Waals surface area contributed by atoms with E-state index in [1.807, 2.05) is 74.8 Å². The molecule has 1 N–H and O–H groups in total. The van der Waals surface area contributed by atoms with E-state index < -0.39 is 0 Å². The number of carbonyl (C=O) groups excluding carboxylic acids is 1. The molecule has 156 valence electrons. The molecule has 1 heterocycles. The van der Waals surface area contributed by atoms with Crippen molar-refractivity contribution in [2.45, 2.75) is 13.1 Å². The van der Waals surface area contributed by atoms with Crippen LogP contribution in [-0.2, 0) is 13.1 Å². The number of rotatable bonds is 7. The third-order valence-corrected chi connectivity index (χ3v) is 4.88. The zero-order chi connectivity index (χ0) is 21.6. The molecule has 0 aliphatic rings. The van der Waals surface area contributed by atoms with Crippen molar-refractivity contribution < 1.29 is 9.21 Å². The standard InChI is InChI=1S/C25H24N4O2/c1-29(2)17-22-11-7-6-10-21(22)16-26-23(30)18-12-14-20(15-13-18)25-28-27-24(31-25)19-8-4-3-5-9-19/h3-15H,16-17H2,1-2H3,(H,26,30). The lowest BCUT2D eigenvalue weighted by Gasteiger charge is -2.14. The summed E-state index contributed by atoms with van der Waals surface area (Å²) in [5.41, 5.74) is 4.53. The van der Waals surface area contributed by atoms with Crippen molar-refractivity contribution in [3.05, 3.63) is 95.6 Å². The molecule has 0 unspecified atom stereocenters. The maximum absolute atomic E-state index is 12.6. The first-order chi connectivity index (χ1) is 15.1. The highest BCUT2D eigenvalue weighted by Crippen LogP contribution is 2.24. The predicted octanol–water partition coefficient (Wildman–Crippen LogP) is 4.40. The molecule has 0 saturated carbocycles. The summed E-state index contributed by atoms with van der Waals surface area (Å²) in [7, 11) is 4.06. The van der Waals surface area contributed by atoms with E-state index in [9.17, 15) is 4.79 Å². The number of amides is 1. The molecule has 0 aliphatic carbocycles. The molecule has 0 radical (unpaired) electrons. The van der Waals surface area contributed by atoms with Crippen molar-refractivity contribution in [1.82, 2.24) is 20.4 Å². The maximum atomic E-state index is 12.6. The molecule has 6 nitrogen and oxygen atoms in total. The smallest absolute Gasteiger partial charge is 0.251 e. The second kappa shape index (κ2) is 9.36. The van der Waals surface area contributed by atoms with Crippen molar-refractivity contribution in [1.29, 1.82) is 0 Å². The number of hydrogen-bond acceptors (Lipinski definition) is 5. The lowest BCUT2D eigenvalue weighted by atomic mass is 10.1. The van der Waals surface area contributed by atoms with Crippen LogP contribution in [0.5, 0.6) is 0 Å². The Morgan fingerprint density at radius 2 is 1.39 bits per heavy atom. The third kappa shape index (κ3) is 5.05. The molecular formula is C25H24N4O2. The molecule has 0 bridgehead atoms. The van der Waals surface area contributed by atoms with Crippen molar-refractivity contribution in [3.63, 3.8) is 0 Å². The fourth-order valence-electron chi connectivity index (χ4n) is 3.30. The van der Waals surface area contributed by atoms with Crippen LogP contribution in [0.4, 0.5) is 0 Å². The Hall–Kier alpha value is -3.77. The van der Waals surface area contributed by atoms with Gasteiger partial charge in [0, 0.05) is 29.8 Å². The van der Waals surface area contributed by atoms with Gasteiger partial charge >= 0.3 is 0 Å². The average Bonchev–Trinajstić information content (AvgIpc) is 3.29. The minimum Gasteiger partial charge on any atom is -0.416 e. The summed E-state index contributed by atoms with van der Waals surface area (Å²) >= 11 is 0. The molecule has 1 aromatic heterocycles. The van der Waals surface area contributed by atoms with E-state index in [4.69, 9.17) is 4.42 Å². The third-order valence-electron chi connectivity index (χ3n) is 4.88. The number of carbonyl (C=O) groups is 1. The van der Waals surface area contributed by atoms with Gasteiger partial charge in [0.05, 0.1) is 0 Å². The minimum absolute atomic E-state index is 0.123. The van der Waals surface area contributed by atoms with Crippen molar-refractivity contribution in [3.8, 4) is 22.9 Å². The number of aromatic nitrogens is 2. The number of nitrogens with one attached hydrogen (secondary N) is 1. The van der Waals surface area contributed by atoms with Gasteiger partial charge in [-0.05, 0) is 61.6 Å². The van der Waals surface area contributed by atoms with Gasteiger partial charge in [-0.3, -0.25) is 4.79 Å². The Morgan fingerprint density at radius 3 is 2.03 bits per heavy atom. The fraction of sp³-hybridized carbons (Fsp3) is 0.160. The molecule has 0 fully saturated rings. The van der Waals surface area contributed by atoms with Crippen LogP contribution in [0.2, 0.25) is 0 Å². The molecule has 0 saturated heterocycles. The first-order valence-corrected chi connectivity index (χ1v) is 10.1. The zero-order valence-electron chi connectivity index (χ0n) is 17.6. The second-order valence-electron chi connectivity index (χ2n) is 7.54. The van der Waals surface area contributed by atoms with E-state index in [1.165, 1.54) is 5.56 Å². The van der Waals surface area contributed by atoms with Crippen LogP contribution in [-0.4, -0.2) is 35.1 Å². The predicted molar refractivity (Wildman–Crippen MR) is 120 cm³/mol. The van der Waals surface area contributed by atoms with Crippen LogP contribution in [0.25, 0.3) is 22.9 Å². The summed E-state index contributed by atoms with van der Waals surface area (Å²) in [5, 5.41) is 11.2. The van der Waals surface area contributed by atoms with E-state index in [0.29, 0.717) is 23.9 Å². The van der Waals surface area contributed by atoms with Crippen molar-refractivity contribution in [2.24, 2.45) is 0 Å². The van der Waals surface area contributed by atoms with Gasteiger partial charge in [-0.2, -0.15) is 0 Å². The van der Waals surface area contributed by atoms with Gasteiger partial charge in [0.1, 0.15) is 0 Å². The summed E-state index contributed by atoms with van der Waals surface area (Å²) in [6, 6.07) is 24.9. The number of benzene rings is 3. The van der Waals surface area contributed by atoms with Gasteiger partial charge in [-0.1, -0.05) is 42.5 Å². The monoisotopic (exact) mass is 412 g/mol. The van der Waals surface area contributed by atoms with Crippen LogP contribution < -0.4 is 5.32 Å². The van der Waals surface area contributed by atoms with Crippen molar-refractivity contribution in [2.75, 3.05) is 14.1 Å². The quantitative estimate of drug-likeness (QED) is 0.487. The Balaban J connectivity index is 1.42. The molecular weight excluding hydrogens is 388 g/mol. The Bertz CT molecular complexity index is 1150. The first kappa shape index (κ1) is 20.5. The highest BCUT2D eigenvalue weighted by atomic mass is 16.4. The van der Waals surface area contributed by atoms with Gasteiger partial charge in [-0.25, -0.2) is 0 Å². The highest BCUT2D eigenvalue weighted by molar-refractivity contribution is 5.94. The lowest BCUT2D eigenvalue weighted by Crippen LogP contribution is -2.24. The van der Waals surface area contributed by atoms with Crippen LogP contribution in [0.15, 0.2) is 83.3 Å². The molecule has 0 spiro atoms. The van der Waals surface area contributed by atoms with Gasteiger partial charge < -0.3 is 14.6 Å². The highest BCUT2D eigenvalue weighted by Gasteiger charge is 2.12. The molecule has 31 heavy (non-hydrogen) atoms. The topological polar surface area (TPSA) is 71.3 Å². The van der Waals surface area contributed by atoms with E-state index in [-0.39, 0.29) is 5.91 Å². The lowest BCUT2D eigenvalue weighted by molar-refractivity contribution is 0.0951. The fourth-order valence-corrected chi connectivity index (χ4v) is 3.30. The minimum atomic E-state index is -0.123. The maximum Gasteiger partial charge on any atom is 0.251 e. The van der Waals surface area contributed by atoms with E-state index in [2.05, 4.69) is 26.5 Å². The first-order valence-electron chi connectivity index (χ1n) is 10.1. The van der Waals surface area contributed by atoms with Crippen molar-refractivity contribution >= 4 is 5.91 Å². The van der Waals surface area contributed by atoms with Crippen LogP contribution in [0, 0.1) is 0 Å². The van der Waals surface area contributed by atoms with Gasteiger partial charge in [0.15, 0.2) is 0 Å². The Labute approximate surface area is 181 Å². The van der Waals surface area contributed by atoms with Gasteiger partial charge in [-0.15, -0.1) is 10.2 Å². The summed E-state index contributed by atoms with van der Waals surface area (Å²) in [6.45, 7) is 1.31. The summed E-state index contributed by atoms with van der Waals surface area (Å²) in [6.07, 6.45) is 0. The summed E-state index contributed by atoms with van der Waals surface area (Å²) in [5.74, 6) is 0.763. The van der Waals surface area contributed by atoms with E-state index in [1.54, 1.807) is 12.1 Å². The number of hydrogen-bond donors (Lipinski definition) is 1. The SMILES string of the molecule is CN(C)Cc1ccccc1CNC(=O)c1ccc(-c2nnc(-c3ccccc3)o2)cc1. The van der Waals surface area contributed by atoms with Crippen LogP contribution in [0.1, 0.15) is 21.5 Å². The number of nitrogens with zero attached hydrogens (tertiary/aromatic N) is 3. The molecule has 6 heteroatoms. The Kier molecular flexibility index (Phi) is 6.19. The average molecular weight is 412 g/mol. The normalized spacial score (nSPS) is 10.9. The molecule has 4 rings (SSSR count). The van der Waals surface area contributed by atoms with Gasteiger partial charge in [0.2, 0.25) is 11.8 Å². The molecule has 4 aromatic rings. The largest absolute Gasteiger partial charge is 0.416 e. The molecule has 0 atom stereocenters. The summed E-state index contributed by atoms with van der Waals surface area (Å²) in [4.78, 5) is 14.7. The molecule has 3 aromatic carbocycles. The van der Waals surface area contributed by atoms with Gasteiger partial charge in [0.25, 0.3) is 5.91 Å². The van der Waals surface area contributed by atoms with Crippen LogP contribution in [0.3, 0.4) is 0 Å². The van der Waals surface area contributed by atoms with E-state index >= 15 is 0 Å². The molecule has 0 aliphatic heterocycles.